The number of nitrogens with one attached hydrogen (secondary N) is 1. The zero-order valence-electron chi connectivity index (χ0n) is 9.75. The van der Waals surface area contributed by atoms with Gasteiger partial charge in [0.05, 0.1) is 10.7 Å². The second-order valence-electron chi connectivity index (χ2n) is 4.02. The molecule has 0 aliphatic carbocycles. The Morgan fingerprint density at radius 1 is 1.47 bits per heavy atom. The van der Waals surface area contributed by atoms with E-state index in [2.05, 4.69) is 10.2 Å². The van der Waals surface area contributed by atoms with Gasteiger partial charge in [0.25, 0.3) is 5.92 Å². The molecule has 0 atom stereocenters. The van der Waals surface area contributed by atoms with Crippen LogP contribution in [0.5, 0.6) is 0 Å². The van der Waals surface area contributed by atoms with Crippen molar-refractivity contribution in [2.75, 3.05) is 0 Å². The van der Waals surface area contributed by atoms with E-state index in [0.717, 1.165) is 6.92 Å². The maximum atomic E-state index is 13.6. The minimum atomic E-state index is -3.16. The number of halogens is 3. The molecule has 1 heterocycles. The van der Waals surface area contributed by atoms with Crippen LogP contribution in [0.25, 0.3) is 11.3 Å². The smallest absolute Gasteiger partial charge is 0.353 e. The summed E-state index contributed by atoms with van der Waals surface area (Å²) in [6.45, 7) is 0.725. The number of H-pyrrole nitrogens is 1. The van der Waals surface area contributed by atoms with Crippen LogP contribution in [0.1, 0.15) is 23.0 Å². The number of benzene rings is 1. The van der Waals surface area contributed by atoms with E-state index in [4.69, 9.17) is 16.7 Å². The van der Waals surface area contributed by atoms with Gasteiger partial charge in [0, 0.05) is 18.1 Å². The summed E-state index contributed by atoms with van der Waals surface area (Å²) in [4.78, 5) is 10.7. The SMILES string of the molecule is CC(F)(F)c1c(Cl)cccc1-c1cc(C(=O)O)[nH]n1. The highest BCUT2D eigenvalue weighted by Crippen LogP contribution is 2.39. The second-order valence-corrected chi connectivity index (χ2v) is 4.43. The summed E-state index contributed by atoms with van der Waals surface area (Å²) >= 11 is 5.80. The van der Waals surface area contributed by atoms with Crippen molar-refractivity contribution in [1.29, 1.82) is 0 Å². The molecule has 4 nitrogen and oxygen atoms in total. The third kappa shape index (κ3) is 2.58. The standard InChI is InChI=1S/C12H9ClF2N2O2/c1-12(14,15)10-6(3-2-4-7(10)13)8-5-9(11(18)19)17-16-8/h2-5H,1H3,(H,16,17)(H,18,19). The minimum Gasteiger partial charge on any atom is -0.477 e. The number of aromatic amines is 1. The number of aromatic carboxylic acids is 1. The number of rotatable bonds is 3. The maximum absolute atomic E-state index is 13.6. The van der Waals surface area contributed by atoms with Crippen LogP contribution in [0.4, 0.5) is 8.78 Å². The van der Waals surface area contributed by atoms with Crippen molar-refractivity contribution < 1.29 is 18.7 Å². The number of hydrogen-bond donors (Lipinski definition) is 2. The molecule has 0 spiro atoms. The van der Waals surface area contributed by atoms with Crippen molar-refractivity contribution in [3.8, 4) is 11.3 Å². The Kier molecular flexibility index (Phi) is 3.28. The monoisotopic (exact) mass is 286 g/mol. The van der Waals surface area contributed by atoms with Crippen molar-refractivity contribution in [3.05, 3.63) is 40.5 Å². The molecule has 1 aromatic heterocycles. The summed E-state index contributed by atoms with van der Waals surface area (Å²) in [5.74, 6) is -4.37. The number of alkyl halides is 2. The summed E-state index contributed by atoms with van der Waals surface area (Å²) < 4.78 is 27.2. The Morgan fingerprint density at radius 2 is 2.16 bits per heavy atom. The fourth-order valence-electron chi connectivity index (χ4n) is 1.75. The van der Waals surface area contributed by atoms with E-state index in [1.54, 1.807) is 0 Å². The van der Waals surface area contributed by atoms with Crippen LogP contribution in [0.2, 0.25) is 5.02 Å². The summed E-state index contributed by atoms with van der Waals surface area (Å²) in [7, 11) is 0. The van der Waals surface area contributed by atoms with Gasteiger partial charge in [-0.05, 0) is 12.1 Å². The summed E-state index contributed by atoms with van der Waals surface area (Å²) in [5.41, 5.74) is -0.347. The van der Waals surface area contributed by atoms with Crippen molar-refractivity contribution >= 4 is 17.6 Å². The van der Waals surface area contributed by atoms with Gasteiger partial charge in [0.15, 0.2) is 0 Å². The van der Waals surface area contributed by atoms with Gasteiger partial charge < -0.3 is 5.11 Å². The lowest BCUT2D eigenvalue weighted by molar-refractivity contribution is 0.0182. The molecule has 0 saturated carbocycles. The molecule has 0 fully saturated rings. The number of aromatic nitrogens is 2. The van der Waals surface area contributed by atoms with Gasteiger partial charge in [-0.25, -0.2) is 13.6 Å². The van der Waals surface area contributed by atoms with Crippen LogP contribution >= 0.6 is 11.6 Å². The van der Waals surface area contributed by atoms with Gasteiger partial charge in [-0.15, -0.1) is 0 Å². The Labute approximate surface area is 112 Å². The van der Waals surface area contributed by atoms with Gasteiger partial charge >= 0.3 is 5.97 Å². The predicted octanol–water partition coefficient (Wildman–Crippen LogP) is 3.54. The molecule has 0 bridgehead atoms. The van der Waals surface area contributed by atoms with Gasteiger partial charge in [0.1, 0.15) is 5.69 Å². The van der Waals surface area contributed by atoms with Gasteiger partial charge in [0.2, 0.25) is 0 Å². The van der Waals surface area contributed by atoms with E-state index in [0.29, 0.717) is 0 Å². The van der Waals surface area contributed by atoms with Crippen LogP contribution in [-0.4, -0.2) is 21.3 Å². The second kappa shape index (κ2) is 4.62. The van der Waals surface area contributed by atoms with Gasteiger partial charge in [-0.3, -0.25) is 5.10 Å². The Hall–Kier alpha value is -1.95. The lowest BCUT2D eigenvalue weighted by Gasteiger charge is -2.16. The first-order valence-corrected chi connectivity index (χ1v) is 5.64. The minimum absolute atomic E-state index is 0.0927. The van der Waals surface area contributed by atoms with E-state index < -0.39 is 11.9 Å². The first-order valence-electron chi connectivity index (χ1n) is 5.26. The van der Waals surface area contributed by atoms with Gasteiger partial charge in [-0.2, -0.15) is 5.10 Å². The molecule has 0 aliphatic heterocycles. The highest BCUT2D eigenvalue weighted by molar-refractivity contribution is 6.31. The number of nitrogens with zero attached hydrogens (tertiary/aromatic N) is 1. The highest BCUT2D eigenvalue weighted by Gasteiger charge is 2.31. The quantitative estimate of drug-likeness (QED) is 0.907. The van der Waals surface area contributed by atoms with Crippen LogP contribution in [0.15, 0.2) is 24.3 Å². The third-order valence-electron chi connectivity index (χ3n) is 2.54. The van der Waals surface area contributed by atoms with Crippen LogP contribution in [-0.2, 0) is 5.92 Å². The molecule has 0 saturated heterocycles. The molecule has 1 aromatic carbocycles. The lowest BCUT2D eigenvalue weighted by Crippen LogP contribution is -2.10. The van der Waals surface area contributed by atoms with Crippen molar-refractivity contribution in [3.63, 3.8) is 0 Å². The number of carboxylic acids is 1. The predicted molar refractivity (Wildman–Crippen MR) is 65.6 cm³/mol. The zero-order valence-corrected chi connectivity index (χ0v) is 10.5. The molecule has 2 rings (SSSR count). The van der Waals surface area contributed by atoms with E-state index in [-0.39, 0.29) is 27.5 Å². The average molecular weight is 287 g/mol. The molecule has 2 aromatic rings. The molecule has 100 valence electrons. The Bertz CT molecular complexity index is 635. The van der Waals surface area contributed by atoms with Gasteiger partial charge in [-0.1, -0.05) is 23.7 Å². The normalized spacial score (nSPS) is 11.6. The molecule has 2 N–H and O–H groups in total. The summed E-state index contributed by atoms with van der Waals surface area (Å²) in [6, 6.07) is 5.45. The largest absolute Gasteiger partial charge is 0.477 e. The number of hydrogen-bond acceptors (Lipinski definition) is 2. The van der Waals surface area contributed by atoms with Crippen molar-refractivity contribution in [1.82, 2.24) is 10.2 Å². The first-order chi connectivity index (χ1) is 8.80. The Morgan fingerprint density at radius 3 is 2.68 bits per heavy atom. The lowest BCUT2D eigenvalue weighted by atomic mass is 10.00. The summed E-state index contributed by atoms with van der Waals surface area (Å²) in [6.07, 6.45) is 0. The molecule has 0 radical (unpaired) electrons. The van der Waals surface area contributed by atoms with E-state index >= 15 is 0 Å². The maximum Gasteiger partial charge on any atom is 0.353 e. The summed E-state index contributed by atoms with van der Waals surface area (Å²) in [5, 5.41) is 14.7. The molecule has 0 unspecified atom stereocenters. The van der Waals surface area contributed by atoms with E-state index in [1.165, 1.54) is 24.3 Å². The van der Waals surface area contributed by atoms with E-state index in [9.17, 15) is 13.6 Å². The molecule has 0 amide bonds. The topological polar surface area (TPSA) is 66.0 Å². The van der Waals surface area contributed by atoms with Crippen LogP contribution < -0.4 is 0 Å². The molecule has 0 aliphatic rings. The van der Waals surface area contributed by atoms with Crippen LogP contribution in [0, 0.1) is 0 Å². The molecular formula is C12H9ClF2N2O2. The fraction of sp³-hybridized carbons (Fsp3) is 0.167. The molecular weight excluding hydrogens is 278 g/mol. The van der Waals surface area contributed by atoms with Crippen molar-refractivity contribution in [2.24, 2.45) is 0 Å². The molecule has 19 heavy (non-hydrogen) atoms. The third-order valence-corrected chi connectivity index (χ3v) is 2.85. The van der Waals surface area contributed by atoms with E-state index in [1.807, 2.05) is 0 Å². The fourth-order valence-corrected chi connectivity index (χ4v) is 2.09. The number of carbonyl (C=O) groups is 1. The first kappa shape index (κ1) is 13.5. The average Bonchev–Trinajstić information content (AvgIpc) is 2.75. The van der Waals surface area contributed by atoms with Crippen LogP contribution in [0.3, 0.4) is 0 Å². The Balaban J connectivity index is 2.62. The van der Waals surface area contributed by atoms with Crippen molar-refractivity contribution in [2.45, 2.75) is 12.8 Å². The highest BCUT2D eigenvalue weighted by atomic mass is 35.5. The molecule has 7 heteroatoms. The number of carboxylic acid groups (broad SMARTS) is 1. The zero-order chi connectivity index (χ0) is 14.2.